The molecule has 1 atom stereocenters. The van der Waals surface area contributed by atoms with Crippen LogP contribution >= 0.6 is 0 Å². The Morgan fingerprint density at radius 2 is 1.42 bits per heavy atom. The molecular weight excluding hydrogens is 148 g/mol. The van der Waals surface area contributed by atoms with E-state index < -0.39 is 0 Å². The van der Waals surface area contributed by atoms with Crippen LogP contribution in [0.15, 0.2) is 0 Å². The molecule has 0 aliphatic carbocycles. The van der Waals surface area contributed by atoms with Gasteiger partial charge in [-0.3, -0.25) is 0 Å². The zero-order valence-corrected chi connectivity index (χ0v) is 9.69. The standard InChI is InChI=1S/C11H24O/c1-9(11(5,6)7)12-8-10(2,3)4/h9H,8H2,1-7H3. The van der Waals surface area contributed by atoms with E-state index >= 15 is 0 Å². The highest BCUT2D eigenvalue weighted by molar-refractivity contribution is 4.71. The predicted octanol–water partition coefficient (Wildman–Crippen LogP) is 3.48. The molecule has 0 N–H and O–H groups in total. The topological polar surface area (TPSA) is 9.23 Å². The molecule has 0 saturated carbocycles. The second-order valence-electron chi connectivity index (χ2n) is 5.88. The van der Waals surface area contributed by atoms with E-state index in [2.05, 4.69) is 48.5 Å². The van der Waals surface area contributed by atoms with Gasteiger partial charge in [0.05, 0.1) is 12.7 Å². The van der Waals surface area contributed by atoms with Crippen LogP contribution in [0.2, 0.25) is 0 Å². The van der Waals surface area contributed by atoms with Crippen molar-refractivity contribution < 1.29 is 4.74 Å². The van der Waals surface area contributed by atoms with Crippen LogP contribution in [0.25, 0.3) is 0 Å². The molecule has 0 aliphatic rings. The highest BCUT2D eigenvalue weighted by atomic mass is 16.5. The molecule has 1 heteroatoms. The molecule has 0 spiro atoms. The minimum atomic E-state index is 0.255. The maximum Gasteiger partial charge on any atom is 0.0595 e. The summed E-state index contributed by atoms with van der Waals surface area (Å²) in [6.45, 7) is 16.2. The molecule has 0 heterocycles. The molecule has 0 aromatic rings. The van der Waals surface area contributed by atoms with Gasteiger partial charge in [-0.1, -0.05) is 41.5 Å². The Hall–Kier alpha value is -0.0400. The first-order valence-electron chi connectivity index (χ1n) is 4.74. The molecule has 0 aromatic carbocycles. The third kappa shape index (κ3) is 5.59. The van der Waals surface area contributed by atoms with E-state index in [9.17, 15) is 0 Å². The highest BCUT2D eigenvalue weighted by Crippen LogP contribution is 2.24. The highest BCUT2D eigenvalue weighted by Gasteiger charge is 2.22. The Morgan fingerprint density at radius 3 is 1.67 bits per heavy atom. The van der Waals surface area contributed by atoms with E-state index in [0.29, 0.717) is 6.10 Å². The zero-order valence-electron chi connectivity index (χ0n) is 9.69. The van der Waals surface area contributed by atoms with Crippen LogP contribution in [0, 0.1) is 10.8 Å². The number of hydrogen-bond acceptors (Lipinski definition) is 1. The van der Waals surface area contributed by atoms with E-state index in [1.165, 1.54) is 0 Å². The van der Waals surface area contributed by atoms with Gasteiger partial charge in [0.2, 0.25) is 0 Å². The minimum absolute atomic E-state index is 0.255. The molecule has 0 fully saturated rings. The summed E-state index contributed by atoms with van der Waals surface area (Å²) in [7, 11) is 0. The van der Waals surface area contributed by atoms with Gasteiger partial charge in [-0.2, -0.15) is 0 Å². The lowest BCUT2D eigenvalue weighted by Gasteiger charge is -2.30. The van der Waals surface area contributed by atoms with Crippen molar-refractivity contribution in [1.82, 2.24) is 0 Å². The average Bonchev–Trinajstić information content (AvgIpc) is 1.78. The molecule has 0 aliphatic heterocycles. The van der Waals surface area contributed by atoms with E-state index in [4.69, 9.17) is 4.74 Å². The molecule has 1 unspecified atom stereocenters. The molecular formula is C11H24O. The maximum absolute atomic E-state index is 5.77. The molecule has 1 nitrogen and oxygen atoms in total. The zero-order chi connectivity index (χ0) is 9.99. The molecule has 0 saturated heterocycles. The lowest BCUT2D eigenvalue weighted by Crippen LogP contribution is -2.29. The van der Waals surface area contributed by atoms with Crippen molar-refractivity contribution in [2.45, 2.75) is 54.6 Å². The van der Waals surface area contributed by atoms with Crippen molar-refractivity contribution in [2.75, 3.05) is 6.61 Å². The first kappa shape index (κ1) is 12.0. The number of hydrogen-bond donors (Lipinski definition) is 0. The fourth-order valence-electron chi connectivity index (χ4n) is 0.625. The first-order chi connectivity index (χ1) is 5.13. The van der Waals surface area contributed by atoms with Gasteiger partial charge in [0.1, 0.15) is 0 Å². The van der Waals surface area contributed by atoms with Gasteiger partial charge >= 0.3 is 0 Å². The monoisotopic (exact) mass is 172 g/mol. The van der Waals surface area contributed by atoms with Gasteiger partial charge in [-0.15, -0.1) is 0 Å². The van der Waals surface area contributed by atoms with Crippen molar-refractivity contribution in [1.29, 1.82) is 0 Å². The Bertz CT molecular complexity index is 125. The van der Waals surface area contributed by atoms with Crippen molar-refractivity contribution in [3.05, 3.63) is 0 Å². The van der Waals surface area contributed by atoms with Crippen molar-refractivity contribution in [2.24, 2.45) is 10.8 Å². The summed E-state index contributed by atoms with van der Waals surface area (Å²) < 4.78 is 5.77. The molecule has 0 aromatic heterocycles. The van der Waals surface area contributed by atoms with Gasteiger partial charge in [-0.25, -0.2) is 0 Å². The molecule has 12 heavy (non-hydrogen) atoms. The van der Waals surface area contributed by atoms with Crippen LogP contribution in [0.4, 0.5) is 0 Å². The summed E-state index contributed by atoms with van der Waals surface area (Å²) in [6.07, 6.45) is 0.330. The van der Waals surface area contributed by atoms with Crippen LogP contribution in [-0.4, -0.2) is 12.7 Å². The molecule has 0 rings (SSSR count). The van der Waals surface area contributed by atoms with Gasteiger partial charge in [0.15, 0.2) is 0 Å². The fourth-order valence-corrected chi connectivity index (χ4v) is 0.625. The second kappa shape index (κ2) is 3.78. The van der Waals surface area contributed by atoms with Crippen molar-refractivity contribution >= 4 is 0 Å². The largest absolute Gasteiger partial charge is 0.377 e. The van der Waals surface area contributed by atoms with Gasteiger partial charge in [-0.05, 0) is 17.8 Å². The Labute approximate surface area is 77.5 Å². The summed E-state index contributed by atoms with van der Waals surface area (Å²) in [6, 6.07) is 0. The van der Waals surface area contributed by atoms with E-state index in [1.807, 2.05) is 0 Å². The quantitative estimate of drug-likeness (QED) is 0.619. The summed E-state index contributed by atoms with van der Waals surface area (Å²) in [5, 5.41) is 0. The molecule has 0 radical (unpaired) electrons. The van der Waals surface area contributed by atoms with E-state index in [0.717, 1.165) is 6.61 Å². The van der Waals surface area contributed by atoms with Gasteiger partial charge in [0, 0.05) is 0 Å². The maximum atomic E-state index is 5.77. The van der Waals surface area contributed by atoms with E-state index in [1.54, 1.807) is 0 Å². The normalized spacial score (nSPS) is 16.2. The summed E-state index contributed by atoms with van der Waals surface area (Å²) in [4.78, 5) is 0. The second-order valence-corrected chi connectivity index (χ2v) is 5.88. The van der Waals surface area contributed by atoms with Crippen LogP contribution < -0.4 is 0 Å². The molecule has 0 amide bonds. The fraction of sp³-hybridized carbons (Fsp3) is 1.00. The lowest BCUT2D eigenvalue weighted by molar-refractivity contribution is -0.0361. The Balaban J connectivity index is 3.80. The SMILES string of the molecule is CC(OCC(C)(C)C)C(C)(C)C. The molecule has 74 valence electrons. The minimum Gasteiger partial charge on any atom is -0.377 e. The van der Waals surface area contributed by atoms with E-state index in [-0.39, 0.29) is 10.8 Å². The Kier molecular flexibility index (Phi) is 3.77. The van der Waals surface area contributed by atoms with Gasteiger partial charge < -0.3 is 4.74 Å². The van der Waals surface area contributed by atoms with Crippen LogP contribution in [-0.2, 0) is 4.74 Å². The summed E-state index contributed by atoms with van der Waals surface area (Å²) in [5.74, 6) is 0. The molecule has 0 bridgehead atoms. The smallest absolute Gasteiger partial charge is 0.0595 e. The van der Waals surface area contributed by atoms with Crippen molar-refractivity contribution in [3.63, 3.8) is 0 Å². The number of ether oxygens (including phenoxy) is 1. The van der Waals surface area contributed by atoms with Crippen LogP contribution in [0.1, 0.15) is 48.5 Å². The van der Waals surface area contributed by atoms with Crippen LogP contribution in [0.5, 0.6) is 0 Å². The first-order valence-corrected chi connectivity index (χ1v) is 4.74. The number of rotatable bonds is 2. The average molecular weight is 172 g/mol. The summed E-state index contributed by atoms with van der Waals surface area (Å²) >= 11 is 0. The summed E-state index contributed by atoms with van der Waals surface area (Å²) in [5.41, 5.74) is 0.533. The third-order valence-electron chi connectivity index (χ3n) is 1.99. The van der Waals surface area contributed by atoms with Crippen molar-refractivity contribution in [3.8, 4) is 0 Å². The van der Waals surface area contributed by atoms with Gasteiger partial charge in [0.25, 0.3) is 0 Å². The van der Waals surface area contributed by atoms with Crippen LogP contribution in [0.3, 0.4) is 0 Å². The lowest BCUT2D eigenvalue weighted by atomic mass is 9.90. The third-order valence-corrected chi connectivity index (χ3v) is 1.99. The Morgan fingerprint density at radius 1 is 1.00 bits per heavy atom. The predicted molar refractivity (Wildman–Crippen MR) is 54.3 cm³/mol.